The molecule has 0 fully saturated rings. The Labute approximate surface area is 178 Å². The van der Waals surface area contributed by atoms with Crippen molar-refractivity contribution < 1.29 is 20.4 Å². The van der Waals surface area contributed by atoms with Gasteiger partial charge in [-0.05, 0) is 87.5 Å². The molecule has 1 aliphatic rings. The van der Waals surface area contributed by atoms with Crippen LogP contribution >= 0.6 is 0 Å². The summed E-state index contributed by atoms with van der Waals surface area (Å²) in [5, 5.41) is 45.5. The Kier molecular flexibility index (Phi) is 8.22. The predicted octanol–water partition coefficient (Wildman–Crippen LogP) is 3.35. The largest absolute Gasteiger partial charge is 0.504 e. The monoisotopic (exact) mass is 414 g/mol. The van der Waals surface area contributed by atoms with Crippen molar-refractivity contribution in [1.29, 1.82) is 0 Å². The highest BCUT2D eigenvalue weighted by Crippen LogP contribution is 2.35. The Morgan fingerprint density at radius 1 is 0.800 bits per heavy atom. The minimum atomic E-state index is -0.0749. The Balaban J connectivity index is 1.19. The zero-order chi connectivity index (χ0) is 21.3. The average molecular weight is 415 g/mol. The molecular formula is C24H34N2O4. The van der Waals surface area contributed by atoms with Crippen molar-refractivity contribution >= 4 is 0 Å². The number of unbranched alkanes of at least 4 members (excludes halogenated alkanes) is 3. The van der Waals surface area contributed by atoms with Gasteiger partial charge in [-0.1, -0.05) is 25.0 Å². The van der Waals surface area contributed by atoms with Crippen molar-refractivity contribution in [2.24, 2.45) is 0 Å². The molecule has 164 valence electrons. The van der Waals surface area contributed by atoms with Gasteiger partial charge in [0.15, 0.2) is 23.0 Å². The fourth-order valence-corrected chi connectivity index (χ4v) is 4.11. The molecule has 1 aliphatic carbocycles. The van der Waals surface area contributed by atoms with E-state index in [1.807, 2.05) is 12.1 Å². The summed E-state index contributed by atoms with van der Waals surface area (Å²) in [5.74, 6) is -0.0971. The minimum Gasteiger partial charge on any atom is -0.504 e. The molecule has 1 unspecified atom stereocenters. The second-order valence-electron chi connectivity index (χ2n) is 8.20. The van der Waals surface area contributed by atoms with Crippen LogP contribution in [0.15, 0.2) is 30.3 Å². The van der Waals surface area contributed by atoms with Crippen molar-refractivity contribution in [2.75, 3.05) is 19.6 Å². The number of benzene rings is 2. The van der Waals surface area contributed by atoms with Gasteiger partial charge in [-0.3, -0.25) is 0 Å². The molecule has 2 aromatic rings. The van der Waals surface area contributed by atoms with Crippen LogP contribution in [0.1, 0.15) is 48.8 Å². The topological polar surface area (TPSA) is 105 Å². The molecule has 6 heteroatoms. The van der Waals surface area contributed by atoms with Gasteiger partial charge in [0, 0.05) is 11.6 Å². The molecule has 1 atom stereocenters. The van der Waals surface area contributed by atoms with Crippen LogP contribution in [0.3, 0.4) is 0 Å². The van der Waals surface area contributed by atoms with Crippen molar-refractivity contribution in [2.45, 2.75) is 57.4 Å². The standard InChI is InChI=1S/C24H34N2O4/c27-21-9-5-17(15-23(21)29)11-14-25-12-3-1-2-4-13-26-19-7-8-20-18(16-19)6-10-22(28)24(20)30/h5-6,9-10,15,19,25-30H,1-4,7-8,11-14,16H2. The molecule has 0 radical (unpaired) electrons. The predicted molar refractivity (Wildman–Crippen MR) is 118 cm³/mol. The molecular weight excluding hydrogens is 380 g/mol. The zero-order valence-corrected chi connectivity index (χ0v) is 17.5. The summed E-state index contributed by atoms with van der Waals surface area (Å²) in [6.45, 7) is 2.87. The summed E-state index contributed by atoms with van der Waals surface area (Å²) in [6, 6.07) is 8.93. The molecule has 0 aliphatic heterocycles. The van der Waals surface area contributed by atoms with E-state index in [0.717, 1.165) is 74.8 Å². The molecule has 0 saturated carbocycles. The quantitative estimate of drug-likeness (QED) is 0.249. The van der Waals surface area contributed by atoms with Crippen molar-refractivity contribution in [3.63, 3.8) is 0 Å². The second-order valence-corrected chi connectivity index (χ2v) is 8.20. The van der Waals surface area contributed by atoms with E-state index in [4.69, 9.17) is 0 Å². The molecule has 6 N–H and O–H groups in total. The fourth-order valence-electron chi connectivity index (χ4n) is 4.11. The first-order chi connectivity index (χ1) is 14.5. The molecule has 0 amide bonds. The molecule has 2 aromatic carbocycles. The maximum Gasteiger partial charge on any atom is 0.160 e. The molecule has 0 heterocycles. The average Bonchev–Trinajstić information content (AvgIpc) is 2.74. The van der Waals surface area contributed by atoms with E-state index in [1.54, 1.807) is 12.1 Å². The van der Waals surface area contributed by atoms with Crippen LogP contribution < -0.4 is 10.6 Å². The Hall–Kier alpha value is -2.44. The van der Waals surface area contributed by atoms with Gasteiger partial charge >= 0.3 is 0 Å². The van der Waals surface area contributed by atoms with Crippen LogP contribution in [0.5, 0.6) is 23.0 Å². The van der Waals surface area contributed by atoms with Gasteiger partial charge in [-0.2, -0.15) is 0 Å². The number of phenols is 4. The number of nitrogens with one attached hydrogen (secondary N) is 2. The first-order valence-corrected chi connectivity index (χ1v) is 11.0. The lowest BCUT2D eigenvalue weighted by molar-refractivity contribution is 0.387. The summed E-state index contributed by atoms with van der Waals surface area (Å²) in [6.07, 6.45) is 8.27. The van der Waals surface area contributed by atoms with Gasteiger partial charge in [0.05, 0.1) is 0 Å². The van der Waals surface area contributed by atoms with Crippen molar-refractivity contribution in [3.8, 4) is 23.0 Å². The summed E-state index contributed by atoms with van der Waals surface area (Å²) >= 11 is 0. The Bertz CT molecular complexity index is 825. The summed E-state index contributed by atoms with van der Waals surface area (Å²) in [4.78, 5) is 0. The van der Waals surface area contributed by atoms with Crippen LogP contribution in [-0.4, -0.2) is 46.1 Å². The van der Waals surface area contributed by atoms with Gasteiger partial charge in [0.25, 0.3) is 0 Å². The first-order valence-electron chi connectivity index (χ1n) is 11.0. The Morgan fingerprint density at radius 2 is 1.57 bits per heavy atom. The van der Waals surface area contributed by atoms with Crippen LogP contribution in [0.25, 0.3) is 0 Å². The SMILES string of the molecule is Oc1ccc(CCNCCCCCCNC2CCc3c(ccc(O)c3O)C2)cc1O. The van der Waals surface area contributed by atoms with Crippen LogP contribution in [-0.2, 0) is 19.3 Å². The third kappa shape index (κ3) is 6.28. The summed E-state index contributed by atoms with van der Waals surface area (Å²) in [7, 11) is 0. The van der Waals surface area contributed by atoms with Gasteiger partial charge in [-0.25, -0.2) is 0 Å². The maximum absolute atomic E-state index is 9.96. The third-order valence-electron chi connectivity index (χ3n) is 5.91. The van der Waals surface area contributed by atoms with Crippen LogP contribution in [0.2, 0.25) is 0 Å². The van der Waals surface area contributed by atoms with Crippen LogP contribution in [0.4, 0.5) is 0 Å². The number of hydrogen-bond acceptors (Lipinski definition) is 6. The van der Waals surface area contributed by atoms with E-state index in [-0.39, 0.29) is 23.0 Å². The molecule has 0 spiro atoms. The number of aromatic hydroxyl groups is 4. The lowest BCUT2D eigenvalue weighted by atomic mass is 9.87. The summed E-state index contributed by atoms with van der Waals surface area (Å²) in [5.41, 5.74) is 3.06. The van der Waals surface area contributed by atoms with E-state index >= 15 is 0 Å². The van der Waals surface area contributed by atoms with Gasteiger partial charge in [0.2, 0.25) is 0 Å². The molecule has 0 aromatic heterocycles. The van der Waals surface area contributed by atoms with Crippen LogP contribution in [0, 0.1) is 0 Å². The Morgan fingerprint density at radius 3 is 2.37 bits per heavy atom. The van der Waals surface area contributed by atoms with Gasteiger partial charge in [0.1, 0.15) is 0 Å². The van der Waals surface area contributed by atoms with E-state index in [0.29, 0.717) is 6.04 Å². The number of rotatable bonds is 11. The zero-order valence-electron chi connectivity index (χ0n) is 17.5. The van der Waals surface area contributed by atoms with Crippen molar-refractivity contribution in [1.82, 2.24) is 10.6 Å². The first kappa shape index (κ1) is 22.2. The van der Waals surface area contributed by atoms with Gasteiger partial charge in [-0.15, -0.1) is 0 Å². The highest BCUT2D eigenvalue weighted by atomic mass is 16.3. The van der Waals surface area contributed by atoms with Crippen molar-refractivity contribution in [3.05, 3.63) is 47.0 Å². The minimum absolute atomic E-state index is 0.0192. The number of hydrogen-bond donors (Lipinski definition) is 6. The second kappa shape index (κ2) is 11.1. The smallest absolute Gasteiger partial charge is 0.160 e. The highest BCUT2D eigenvalue weighted by Gasteiger charge is 2.21. The molecule has 0 saturated heterocycles. The third-order valence-corrected chi connectivity index (χ3v) is 5.91. The molecule has 0 bridgehead atoms. The number of fused-ring (bicyclic) bond motifs is 1. The molecule has 6 nitrogen and oxygen atoms in total. The maximum atomic E-state index is 9.96. The summed E-state index contributed by atoms with van der Waals surface area (Å²) < 4.78 is 0. The lowest BCUT2D eigenvalue weighted by Gasteiger charge is -2.26. The number of phenolic OH excluding ortho intramolecular Hbond substituents is 4. The van der Waals surface area contributed by atoms with Gasteiger partial charge < -0.3 is 31.1 Å². The van der Waals surface area contributed by atoms with E-state index in [9.17, 15) is 20.4 Å². The molecule has 30 heavy (non-hydrogen) atoms. The highest BCUT2D eigenvalue weighted by molar-refractivity contribution is 5.50. The van der Waals surface area contributed by atoms with E-state index in [1.165, 1.54) is 18.9 Å². The lowest BCUT2D eigenvalue weighted by Crippen LogP contribution is -2.35. The van der Waals surface area contributed by atoms with E-state index in [2.05, 4.69) is 10.6 Å². The molecule has 3 rings (SSSR count). The van der Waals surface area contributed by atoms with E-state index < -0.39 is 0 Å². The normalized spacial score (nSPS) is 15.8. The fraction of sp³-hybridized carbons (Fsp3) is 0.500.